The van der Waals surface area contributed by atoms with Gasteiger partial charge in [-0.2, -0.15) is 4.98 Å². The molecular formula is C33H41Cl2N5O7. The lowest BCUT2D eigenvalue weighted by atomic mass is 10.1. The largest absolute Gasteiger partial charge is 0.493 e. The number of aliphatic hydroxyl groups is 1. The highest BCUT2D eigenvalue weighted by atomic mass is 35.5. The first-order valence-electron chi connectivity index (χ1n) is 15.3. The SMILES string of the molecule is Cc1cc(-c2noc([C@@H]3[C@@H](O)CCN3/C(=N/C(=O)OC(C)(C)C)NC(=O)OC(C)(C)C)n2)ccc1OCCCc1ccc(Cl)c(Cl)c1. The summed E-state index contributed by atoms with van der Waals surface area (Å²) in [6.45, 7) is 12.9. The number of rotatable bonds is 7. The van der Waals surface area contributed by atoms with E-state index in [-0.39, 0.29) is 24.8 Å². The van der Waals surface area contributed by atoms with Gasteiger partial charge in [0.05, 0.1) is 22.8 Å². The first kappa shape index (κ1) is 36.0. The van der Waals surface area contributed by atoms with Crippen LogP contribution in [0.3, 0.4) is 0 Å². The number of aliphatic imine (C=N–C) groups is 1. The minimum Gasteiger partial charge on any atom is -0.493 e. The monoisotopic (exact) mass is 689 g/mol. The molecule has 2 heterocycles. The van der Waals surface area contributed by atoms with Gasteiger partial charge in [0.25, 0.3) is 5.89 Å². The van der Waals surface area contributed by atoms with E-state index in [0.717, 1.165) is 29.7 Å². The molecule has 12 nitrogen and oxygen atoms in total. The molecule has 2 aromatic carbocycles. The second kappa shape index (κ2) is 14.9. The highest BCUT2D eigenvalue weighted by Gasteiger charge is 2.41. The second-order valence-electron chi connectivity index (χ2n) is 13.2. The highest BCUT2D eigenvalue weighted by molar-refractivity contribution is 6.42. The van der Waals surface area contributed by atoms with E-state index < -0.39 is 35.5 Å². The third kappa shape index (κ3) is 10.3. The van der Waals surface area contributed by atoms with Crippen molar-refractivity contribution in [3.05, 3.63) is 63.5 Å². The molecule has 254 valence electrons. The van der Waals surface area contributed by atoms with Gasteiger partial charge in [-0.25, -0.2) is 9.59 Å². The van der Waals surface area contributed by atoms with Gasteiger partial charge in [0.1, 0.15) is 23.0 Å². The minimum atomic E-state index is -0.964. The number of hydrogen-bond acceptors (Lipinski definition) is 9. The fourth-order valence-corrected chi connectivity index (χ4v) is 5.14. The van der Waals surface area contributed by atoms with Gasteiger partial charge >= 0.3 is 12.2 Å². The minimum absolute atomic E-state index is 0.0770. The topological polar surface area (TPSA) is 149 Å². The van der Waals surface area contributed by atoms with E-state index in [1.54, 1.807) is 47.6 Å². The molecule has 1 aliphatic heterocycles. The molecule has 3 aromatic rings. The molecular weight excluding hydrogens is 649 g/mol. The molecule has 0 bridgehead atoms. The summed E-state index contributed by atoms with van der Waals surface area (Å²) in [7, 11) is 0. The van der Waals surface area contributed by atoms with E-state index in [9.17, 15) is 14.7 Å². The summed E-state index contributed by atoms with van der Waals surface area (Å²) < 4.78 is 22.3. The molecule has 2 amide bonds. The van der Waals surface area contributed by atoms with Gasteiger partial charge in [0.2, 0.25) is 11.8 Å². The van der Waals surface area contributed by atoms with Crippen molar-refractivity contribution in [3.63, 3.8) is 0 Å². The van der Waals surface area contributed by atoms with Crippen LogP contribution in [0, 0.1) is 6.92 Å². The second-order valence-corrected chi connectivity index (χ2v) is 14.0. The Hall–Kier alpha value is -3.87. The van der Waals surface area contributed by atoms with Crippen LogP contribution in [-0.4, -0.2) is 68.8 Å². The Morgan fingerprint density at radius 1 is 1.06 bits per heavy atom. The number of ether oxygens (including phenoxy) is 3. The molecule has 0 spiro atoms. The molecule has 0 aliphatic carbocycles. The van der Waals surface area contributed by atoms with Gasteiger partial charge in [-0.15, -0.1) is 4.99 Å². The highest BCUT2D eigenvalue weighted by Crippen LogP contribution is 2.34. The van der Waals surface area contributed by atoms with E-state index >= 15 is 0 Å². The number of hydrogen-bond donors (Lipinski definition) is 2. The quantitative estimate of drug-likeness (QED) is 0.147. The van der Waals surface area contributed by atoms with Crippen LogP contribution in [0.4, 0.5) is 9.59 Å². The zero-order valence-electron chi connectivity index (χ0n) is 27.6. The number of nitrogens with zero attached hydrogens (tertiary/aromatic N) is 4. The Bertz CT molecular complexity index is 1610. The summed E-state index contributed by atoms with van der Waals surface area (Å²) in [6, 6.07) is 10.2. The molecule has 1 fully saturated rings. The maximum absolute atomic E-state index is 12.7. The van der Waals surface area contributed by atoms with Crippen molar-refractivity contribution in [2.75, 3.05) is 13.2 Å². The van der Waals surface area contributed by atoms with Crippen LogP contribution in [0.15, 0.2) is 45.9 Å². The molecule has 2 atom stereocenters. The maximum atomic E-state index is 12.7. The predicted octanol–water partition coefficient (Wildman–Crippen LogP) is 7.29. The summed E-state index contributed by atoms with van der Waals surface area (Å²) in [5, 5.41) is 18.7. The van der Waals surface area contributed by atoms with Gasteiger partial charge in [0, 0.05) is 12.1 Å². The molecule has 2 N–H and O–H groups in total. The zero-order valence-corrected chi connectivity index (χ0v) is 29.1. The lowest BCUT2D eigenvalue weighted by molar-refractivity contribution is 0.0546. The van der Waals surface area contributed by atoms with Crippen LogP contribution in [-0.2, 0) is 15.9 Å². The number of benzene rings is 2. The van der Waals surface area contributed by atoms with E-state index in [2.05, 4.69) is 20.4 Å². The molecule has 4 rings (SSSR count). The first-order valence-corrected chi connectivity index (χ1v) is 16.0. The zero-order chi connectivity index (χ0) is 34.5. The third-order valence-electron chi connectivity index (χ3n) is 6.82. The van der Waals surface area contributed by atoms with Crippen molar-refractivity contribution in [2.24, 2.45) is 4.99 Å². The van der Waals surface area contributed by atoms with Crippen LogP contribution in [0.2, 0.25) is 10.0 Å². The van der Waals surface area contributed by atoms with Crippen LogP contribution >= 0.6 is 23.2 Å². The van der Waals surface area contributed by atoms with Gasteiger partial charge in [0.15, 0.2) is 0 Å². The number of nitrogens with one attached hydrogen (secondary N) is 1. The van der Waals surface area contributed by atoms with Gasteiger partial charge < -0.3 is 28.7 Å². The van der Waals surface area contributed by atoms with Crippen molar-refractivity contribution >= 4 is 41.3 Å². The van der Waals surface area contributed by atoms with Crippen molar-refractivity contribution < 1.29 is 33.4 Å². The van der Waals surface area contributed by atoms with Gasteiger partial charge in [-0.3, -0.25) is 5.32 Å². The van der Waals surface area contributed by atoms with Crippen molar-refractivity contribution in [3.8, 4) is 17.1 Å². The Kier molecular flexibility index (Phi) is 11.4. The lowest BCUT2D eigenvalue weighted by Gasteiger charge is -2.28. The van der Waals surface area contributed by atoms with E-state index in [4.69, 9.17) is 41.9 Å². The maximum Gasteiger partial charge on any atom is 0.437 e. The smallest absolute Gasteiger partial charge is 0.437 e. The molecule has 1 aromatic heterocycles. The van der Waals surface area contributed by atoms with E-state index in [0.29, 0.717) is 28.0 Å². The molecule has 47 heavy (non-hydrogen) atoms. The van der Waals surface area contributed by atoms with Crippen molar-refractivity contribution in [1.82, 2.24) is 20.4 Å². The number of halogens is 2. The number of aliphatic hydroxyl groups excluding tert-OH is 1. The number of carbonyl (C=O) groups is 2. The number of guanidine groups is 1. The number of likely N-dealkylation sites (tertiary alicyclic amines) is 1. The molecule has 0 radical (unpaired) electrons. The van der Waals surface area contributed by atoms with E-state index in [1.807, 2.05) is 37.3 Å². The average Bonchev–Trinajstić information content (AvgIpc) is 3.58. The number of aromatic nitrogens is 2. The fraction of sp³-hybridized carbons (Fsp3) is 0.485. The van der Waals surface area contributed by atoms with E-state index in [1.165, 1.54) is 4.90 Å². The lowest BCUT2D eigenvalue weighted by Crippen LogP contribution is -2.47. The van der Waals surface area contributed by atoms with Crippen molar-refractivity contribution in [1.29, 1.82) is 0 Å². The standard InChI is InChI=1S/C33H41Cl2N5O7/c1-19-17-21(11-13-25(19)44-16-8-9-20-10-12-22(34)23(35)18-20)27-36-28(47-39-27)26-24(41)14-15-40(26)29(37-30(42)45-32(2,3)4)38-31(43)46-33(5,6)7/h10-13,17-18,24,26,41H,8-9,14-16H2,1-7H3,(H,37,38,42,43)/t24-,26-/m0/s1. The third-order valence-corrected chi connectivity index (χ3v) is 7.56. The summed E-state index contributed by atoms with van der Waals surface area (Å²) in [5.41, 5.74) is 0.997. The Morgan fingerprint density at radius 3 is 2.45 bits per heavy atom. The Morgan fingerprint density at radius 2 is 1.79 bits per heavy atom. The summed E-state index contributed by atoms with van der Waals surface area (Å²) in [5.74, 6) is 0.915. The van der Waals surface area contributed by atoms with Crippen LogP contribution in [0.5, 0.6) is 5.75 Å². The summed E-state index contributed by atoms with van der Waals surface area (Å²) >= 11 is 12.1. The van der Waals surface area contributed by atoms with Crippen molar-refractivity contribution in [2.45, 2.75) is 91.1 Å². The molecule has 0 saturated carbocycles. The van der Waals surface area contributed by atoms with Crippen LogP contribution < -0.4 is 10.1 Å². The molecule has 0 unspecified atom stereocenters. The predicted molar refractivity (Wildman–Crippen MR) is 178 cm³/mol. The van der Waals surface area contributed by atoms with Gasteiger partial charge in [-0.1, -0.05) is 34.4 Å². The number of alkyl carbamates (subject to hydrolysis) is 1. The average molecular weight is 691 g/mol. The normalized spacial score (nSPS) is 17.1. The number of carbonyl (C=O) groups excluding carboxylic acids is 2. The molecule has 1 saturated heterocycles. The summed E-state index contributed by atoms with van der Waals surface area (Å²) in [6.07, 6.45) is -0.868. The van der Waals surface area contributed by atoms with Gasteiger partial charge in [-0.05, 0) is 109 Å². The first-order chi connectivity index (χ1) is 22.0. The molecule has 1 aliphatic rings. The molecule has 14 heteroatoms. The summed E-state index contributed by atoms with van der Waals surface area (Å²) in [4.78, 5) is 35.5. The Labute approximate surface area is 284 Å². The van der Waals surface area contributed by atoms with Crippen LogP contribution in [0.25, 0.3) is 11.4 Å². The van der Waals surface area contributed by atoms with Crippen LogP contribution in [0.1, 0.15) is 77.4 Å². The Balaban J connectivity index is 1.48. The fourth-order valence-electron chi connectivity index (χ4n) is 4.82. The number of amides is 2. The number of aryl methyl sites for hydroxylation is 2.